The van der Waals surface area contributed by atoms with Crippen LogP contribution in [0.2, 0.25) is 0 Å². The van der Waals surface area contributed by atoms with E-state index in [4.69, 9.17) is 9.47 Å². The maximum atomic E-state index is 12.3. The zero-order valence-corrected chi connectivity index (χ0v) is 12.2. The first kappa shape index (κ1) is 15.5. The lowest BCUT2D eigenvalue weighted by atomic mass is 9.79. The van der Waals surface area contributed by atoms with E-state index >= 15 is 0 Å². The molecule has 0 heterocycles. The normalized spacial score (nSPS) is 27.4. The lowest BCUT2D eigenvalue weighted by Gasteiger charge is -2.33. The van der Waals surface area contributed by atoms with Crippen molar-refractivity contribution < 1.29 is 14.3 Å². The van der Waals surface area contributed by atoms with Crippen LogP contribution in [0.25, 0.3) is 0 Å². The Morgan fingerprint density at radius 2 is 2.06 bits per heavy atom. The smallest absolute Gasteiger partial charge is 0.314 e. The molecule has 0 saturated heterocycles. The lowest BCUT2D eigenvalue weighted by molar-refractivity contribution is -0.164. The second-order valence-corrected chi connectivity index (χ2v) is 5.23. The highest BCUT2D eigenvalue weighted by Crippen LogP contribution is 2.45. The van der Waals surface area contributed by atoms with Gasteiger partial charge in [-0.2, -0.15) is 0 Å². The molecule has 106 valence electrons. The number of hydrogen-bond donors (Lipinski definition) is 0. The summed E-state index contributed by atoms with van der Waals surface area (Å²) >= 11 is 0. The molecule has 3 nitrogen and oxygen atoms in total. The minimum absolute atomic E-state index is 0.0305. The van der Waals surface area contributed by atoms with E-state index in [0.717, 1.165) is 51.6 Å². The van der Waals surface area contributed by atoms with E-state index < -0.39 is 0 Å². The van der Waals surface area contributed by atoms with Gasteiger partial charge >= 0.3 is 5.97 Å². The third-order valence-electron chi connectivity index (χ3n) is 3.89. The summed E-state index contributed by atoms with van der Waals surface area (Å²) in [6.45, 7) is 7.36. The summed E-state index contributed by atoms with van der Waals surface area (Å²) in [6, 6.07) is 0. The fraction of sp³-hybridized carbons (Fsp3) is 0.933. The Bertz CT molecular complexity index is 252. The van der Waals surface area contributed by atoms with Gasteiger partial charge in [-0.05, 0) is 39.0 Å². The summed E-state index contributed by atoms with van der Waals surface area (Å²) < 4.78 is 11.2. The minimum atomic E-state index is -0.360. The van der Waals surface area contributed by atoms with Crippen molar-refractivity contribution in [3.63, 3.8) is 0 Å². The number of carbonyl (C=O) groups is 1. The molecule has 1 fully saturated rings. The lowest BCUT2D eigenvalue weighted by Crippen LogP contribution is -2.41. The molecule has 0 spiro atoms. The Kier molecular flexibility index (Phi) is 6.69. The molecular weight excluding hydrogens is 228 g/mol. The van der Waals surface area contributed by atoms with Crippen molar-refractivity contribution in [3.8, 4) is 0 Å². The standard InChI is InChI=1S/C15H28O3/c1-4-7-10-15(14(16)17-6-3)11-8-9-13(15)18-12-5-2/h13H,4-12H2,1-3H3. The van der Waals surface area contributed by atoms with Crippen LogP contribution in [-0.2, 0) is 14.3 Å². The first-order valence-electron chi connectivity index (χ1n) is 7.50. The van der Waals surface area contributed by atoms with Gasteiger partial charge in [-0.15, -0.1) is 0 Å². The summed E-state index contributed by atoms with van der Waals surface area (Å²) in [5.74, 6) is -0.0305. The van der Waals surface area contributed by atoms with E-state index in [1.54, 1.807) is 0 Å². The quantitative estimate of drug-likeness (QED) is 0.621. The zero-order valence-electron chi connectivity index (χ0n) is 12.2. The highest BCUT2D eigenvalue weighted by atomic mass is 16.5. The largest absolute Gasteiger partial charge is 0.465 e. The molecule has 18 heavy (non-hydrogen) atoms. The van der Waals surface area contributed by atoms with Crippen LogP contribution in [0.1, 0.15) is 65.7 Å². The van der Waals surface area contributed by atoms with Gasteiger partial charge in [0.05, 0.1) is 18.1 Å². The molecule has 3 heteroatoms. The van der Waals surface area contributed by atoms with Crippen LogP contribution in [0.5, 0.6) is 0 Å². The van der Waals surface area contributed by atoms with Gasteiger partial charge in [-0.3, -0.25) is 4.79 Å². The van der Waals surface area contributed by atoms with Gasteiger partial charge in [0.2, 0.25) is 0 Å². The summed E-state index contributed by atoms with van der Waals surface area (Å²) in [4.78, 5) is 12.3. The van der Waals surface area contributed by atoms with Crippen LogP contribution in [-0.4, -0.2) is 25.3 Å². The highest BCUT2D eigenvalue weighted by molar-refractivity contribution is 5.78. The van der Waals surface area contributed by atoms with Gasteiger partial charge in [0.1, 0.15) is 0 Å². The molecule has 1 aliphatic rings. The molecule has 2 atom stereocenters. The van der Waals surface area contributed by atoms with Gasteiger partial charge in [0.15, 0.2) is 0 Å². The van der Waals surface area contributed by atoms with Crippen molar-refractivity contribution >= 4 is 5.97 Å². The number of rotatable bonds is 8. The van der Waals surface area contributed by atoms with Gasteiger partial charge in [0, 0.05) is 6.61 Å². The molecule has 1 saturated carbocycles. The van der Waals surface area contributed by atoms with E-state index in [1.165, 1.54) is 0 Å². The predicted octanol–water partition coefficient (Wildman–Crippen LogP) is 3.71. The fourth-order valence-corrected chi connectivity index (χ4v) is 2.93. The second kappa shape index (κ2) is 7.78. The van der Waals surface area contributed by atoms with Crippen LogP contribution < -0.4 is 0 Å². The van der Waals surface area contributed by atoms with Crippen LogP contribution >= 0.6 is 0 Å². The molecule has 0 aromatic rings. The van der Waals surface area contributed by atoms with E-state index in [2.05, 4.69) is 13.8 Å². The summed E-state index contributed by atoms with van der Waals surface area (Å²) in [5.41, 5.74) is -0.360. The molecule has 0 radical (unpaired) electrons. The topological polar surface area (TPSA) is 35.5 Å². The van der Waals surface area contributed by atoms with Gasteiger partial charge in [0.25, 0.3) is 0 Å². The molecule has 0 amide bonds. The molecule has 0 aromatic carbocycles. The number of carbonyl (C=O) groups excluding carboxylic acids is 1. The van der Waals surface area contributed by atoms with Crippen molar-refractivity contribution in [3.05, 3.63) is 0 Å². The third-order valence-corrected chi connectivity index (χ3v) is 3.89. The van der Waals surface area contributed by atoms with Crippen molar-refractivity contribution in [1.82, 2.24) is 0 Å². The average Bonchev–Trinajstić information content (AvgIpc) is 2.78. The maximum absolute atomic E-state index is 12.3. The van der Waals surface area contributed by atoms with Crippen molar-refractivity contribution in [2.75, 3.05) is 13.2 Å². The molecule has 0 aromatic heterocycles. The van der Waals surface area contributed by atoms with Crippen molar-refractivity contribution in [2.24, 2.45) is 5.41 Å². The SMILES string of the molecule is CCCCC1(C(=O)OCC)CCCC1OCCC. The number of unbranched alkanes of at least 4 members (excludes halogenated alkanes) is 1. The molecule has 0 bridgehead atoms. The maximum Gasteiger partial charge on any atom is 0.314 e. The Hall–Kier alpha value is -0.570. The fourth-order valence-electron chi connectivity index (χ4n) is 2.93. The summed E-state index contributed by atoms with van der Waals surface area (Å²) in [5, 5.41) is 0. The Morgan fingerprint density at radius 3 is 2.67 bits per heavy atom. The Labute approximate surface area is 111 Å². The molecular formula is C15H28O3. The average molecular weight is 256 g/mol. The van der Waals surface area contributed by atoms with Gasteiger partial charge < -0.3 is 9.47 Å². The summed E-state index contributed by atoms with van der Waals surface area (Å²) in [6.07, 6.45) is 7.19. The summed E-state index contributed by atoms with van der Waals surface area (Å²) in [7, 11) is 0. The highest BCUT2D eigenvalue weighted by Gasteiger charge is 2.50. The Balaban J connectivity index is 2.76. The van der Waals surface area contributed by atoms with Crippen LogP contribution in [0, 0.1) is 5.41 Å². The van der Waals surface area contributed by atoms with Gasteiger partial charge in [-0.1, -0.05) is 26.7 Å². The van der Waals surface area contributed by atoms with Crippen LogP contribution in [0.15, 0.2) is 0 Å². The van der Waals surface area contributed by atoms with E-state index in [9.17, 15) is 4.79 Å². The molecule has 0 N–H and O–H groups in total. The van der Waals surface area contributed by atoms with Crippen LogP contribution in [0.4, 0.5) is 0 Å². The molecule has 2 unspecified atom stereocenters. The third kappa shape index (κ3) is 3.47. The van der Waals surface area contributed by atoms with E-state index in [1.807, 2.05) is 6.92 Å². The molecule has 1 aliphatic carbocycles. The zero-order chi connectivity index (χ0) is 13.4. The molecule has 1 rings (SSSR count). The first-order chi connectivity index (χ1) is 8.71. The van der Waals surface area contributed by atoms with Crippen LogP contribution in [0.3, 0.4) is 0 Å². The Morgan fingerprint density at radius 1 is 1.28 bits per heavy atom. The number of ether oxygens (including phenoxy) is 2. The number of esters is 1. The van der Waals surface area contributed by atoms with E-state index in [-0.39, 0.29) is 17.5 Å². The predicted molar refractivity (Wildman–Crippen MR) is 72.5 cm³/mol. The van der Waals surface area contributed by atoms with E-state index in [0.29, 0.717) is 6.61 Å². The van der Waals surface area contributed by atoms with Gasteiger partial charge in [-0.25, -0.2) is 0 Å². The van der Waals surface area contributed by atoms with Crippen molar-refractivity contribution in [1.29, 1.82) is 0 Å². The first-order valence-corrected chi connectivity index (χ1v) is 7.50. The second-order valence-electron chi connectivity index (χ2n) is 5.23. The molecule has 0 aliphatic heterocycles. The monoisotopic (exact) mass is 256 g/mol. The number of hydrogen-bond acceptors (Lipinski definition) is 3. The minimum Gasteiger partial charge on any atom is -0.465 e. The van der Waals surface area contributed by atoms with Crippen molar-refractivity contribution in [2.45, 2.75) is 71.8 Å².